The van der Waals surface area contributed by atoms with Crippen LogP contribution in [0.5, 0.6) is 0 Å². The van der Waals surface area contributed by atoms with Gasteiger partial charge in [0.2, 0.25) is 0 Å². The maximum absolute atomic E-state index is 5.25. The van der Waals surface area contributed by atoms with Gasteiger partial charge in [-0.05, 0) is 12.5 Å². The Morgan fingerprint density at radius 1 is 1.23 bits per heavy atom. The standard InChI is InChI=1S/C12H23N/c1-5-9-10-13(8-4)11-12(6-2)7-3/h1,12H,6-11H2,2-4H3. The summed E-state index contributed by atoms with van der Waals surface area (Å²) in [6.45, 7) is 10.1. The van der Waals surface area contributed by atoms with Crippen LogP contribution in [0.25, 0.3) is 0 Å². The van der Waals surface area contributed by atoms with Crippen LogP contribution in [0.15, 0.2) is 0 Å². The molecule has 1 heteroatoms. The zero-order valence-electron chi connectivity index (χ0n) is 9.34. The first-order chi connectivity index (χ1) is 6.28. The molecule has 0 saturated heterocycles. The summed E-state index contributed by atoms with van der Waals surface area (Å²) in [5.74, 6) is 3.55. The van der Waals surface area contributed by atoms with Crippen molar-refractivity contribution in [1.29, 1.82) is 0 Å². The van der Waals surface area contributed by atoms with E-state index in [1.807, 2.05) is 0 Å². The Morgan fingerprint density at radius 2 is 1.85 bits per heavy atom. The number of nitrogens with zero attached hydrogens (tertiary/aromatic N) is 1. The van der Waals surface area contributed by atoms with Crippen molar-refractivity contribution >= 4 is 0 Å². The number of hydrogen-bond donors (Lipinski definition) is 0. The molecule has 0 bridgehead atoms. The Labute approximate surface area is 83.5 Å². The Kier molecular flexibility index (Phi) is 7.83. The Balaban J connectivity index is 3.75. The van der Waals surface area contributed by atoms with Crippen LogP contribution >= 0.6 is 0 Å². The van der Waals surface area contributed by atoms with Crippen LogP contribution in [-0.4, -0.2) is 24.5 Å². The van der Waals surface area contributed by atoms with Gasteiger partial charge < -0.3 is 4.90 Å². The zero-order valence-corrected chi connectivity index (χ0v) is 9.34. The summed E-state index contributed by atoms with van der Waals surface area (Å²) in [6, 6.07) is 0. The molecule has 0 aromatic carbocycles. The van der Waals surface area contributed by atoms with E-state index in [2.05, 4.69) is 31.6 Å². The molecule has 0 heterocycles. The van der Waals surface area contributed by atoms with E-state index < -0.39 is 0 Å². The molecule has 0 amide bonds. The molecular weight excluding hydrogens is 158 g/mol. The highest BCUT2D eigenvalue weighted by Gasteiger charge is 2.08. The third kappa shape index (κ3) is 5.71. The van der Waals surface area contributed by atoms with E-state index in [4.69, 9.17) is 6.42 Å². The lowest BCUT2D eigenvalue weighted by molar-refractivity contribution is 0.238. The van der Waals surface area contributed by atoms with Crippen molar-refractivity contribution in [2.45, 2.75) is 40.0 Å². The van der Waals surface area contributed by atoms with E-state index >= 15 is 0 Å². The molecule has 0 aliphatic rings. The highest BCUT2D eigenvalue weighted by molar-refractivity contribution is 4.84. The minimum Gasteiger partial charge on any atom is -0.302 e. The van der Waals surface area contributed by atoms with Gasteiger partial charge >= 0.3 is 0 Å². The minimum atomic E-state index is 0.845. The van der Waals surface area contributed by atoms with Crippen LogP contribution in [0.4, 0.5) is 0 Å². The van der Waals surface area contributed by atoms with Gasteiger partial charge in [-0.3, -0.25) is 0 Å². The van der Waals surface area contributed by atoms with E-state index in [-0.39, 0.29) is 0 Å². The minimum absolute atomic E-state index is 0.845. The summed E-state index contributed by atoms with van der Waals surface area (Å²) in [6.07, 6.45) is 8.70. The zero-order chi connectivity index (χ0) is 10.1. The van der Waals surface area contributed by atoms with E-state index in [9.17, 15) is 0 Å². The van der Waals surface area contributed by atoms with Crippen molar-refractivity contribution in [3.8, 4) is 12.3 Å². The molecule has 0 unspecified atom stereocenters. The Bertz CT molecular complexity index is 142. The van der Waals surface area contributed by atoms with Gasteiger partial charge in [0.25, 0.3) is 0 Å². The van der Waals surface area contributed by atoms with E-state index in [1.54, 1.807) is 0 Å². The van der Waals surface area contributed by atoms with Gasteiger partial charge in [-0.15, -0.1) is 12.3 Å². The molecule has 0 radical (unpaired) electrons. The fourth-order valence-corrected chi connectivity index (χ4v) is 1.51. The predicted molar refractivity (Wildman–Crippen MR) is 59.6 cm³/mol. The van der Waals surface area contributed by atoms with Gasteiger partial charge in [-0.1, -0.05) is 33.6 Å². The van der Waals surface area contributed by atoms with Crippen LogP contribution in [0, 0.1) is 18.3 Å². The van der Waals surface area contributed by atoms with Gasteiger partial charge in [0.15, 0.2) is 0 Å². The number of rotatable bonds is 7. The van der Waals surface area contributed by atoms with Gasteiger partial charge in [0.1, 0.15) is 0 Å². The van der Waals surface area contributed by atoms with E-state index in [0.29, 0.717) is 0 Å². The van der Waals surface area contributed by atoms with Crippen molar-refractivity contribution < 1.29 is 0 Å². The molecule has 0 atom stereocenters. The molecular formula is C12H23N. The molecule has 1 nitrogen and oxygen atoms in total. The highest BCUT2D eigenvalue weighted by atomic mass is 15.1. The van der Waals surface area contributed by atoms with Crippen LogP contribution < -0.4 is 0 Å². The molecule has 0 aliphatic carbocycles. The van der Waals surface area contributed by atoms with Crippen LogP contribution in [-0.2, 0) is 0 Å². The summed E-state index contributed by atoms with van der Waals surface area (Å²) >= 11 is 0. The maximum Gasteiger partial charge on any atom is 0.0214 e. The fraction of sp³-hybridized carbons (Fsp3) is 0.833. The van der Waals surface area contributed by atoms with Gasteiger partial charge in [0.05, 0.1) is 0 Å². The summed E-state index contributed by atoms with van der Waals surface area (Å²) in [4.78, 5) is 2.46. The summed E-state index contributed by atoms with van der Waals surface area (Å²) in [5.41, 5.74) is 0. The number of hydrogen-bond acceptors (Lipinski definition) is 1. The Morgan fingerprint density at radius 3 is 2.23 bits per heavy atom. The third-order valence-electron chi connectivity index (χ3n) is 2.69. The van der Waals surface area contributed by atoms with Crippen molar-refractivity contribution in [1.82, 2.24) is 4.90 Å². The Hall–Kier alpha value is -0.480. The molecule has 0 aliphatic heterocycles. The molecule has 0 aromatic rings. The van der Waals surface area contributed by atoms with Crippen LogP contribution in [0.3, 0.4) is 0 Å². The van der Waals surface area contributed by atoms with E-state index in [1.165, 1.54) is 19.4 Å². The second kappa shape index (κ2) is 8.13. The molecule has 13 heavy (non-hydrogen) atoms. The van der Waals surface area contributed by atoms with Crippen molar-refractivity contribution in [2.75, 3.05) is 19.6 Å². The van der Waals surface area contributed by atoms with Crippen molar-refractivity contribution in [2.24, 2.45) is 5.92 Å². The van der Waals surface area contributed by atoms with Crippen molar-refractivity contribution in [3.05, 3.63) is 0 Å². The molecule has 0 saturated carbocycles. The first-order valence-electron chi connectivity index (χ1n) is 5.44. The van der Waals surface area contributed by atoms with Crippen LogP contribution in [0.1, 0.15) is 40.0 Å². The lowest BCUT2D eigenvalue weighted by atomic mass is 10.0. The maximum atomic E-state index is 5.25. The van der Waals surface area contributed by atoms with Gasteiger partial charge in [0, 0.05) is 19.5 Å². The lowest BCUT2D eigenvalue weighted by Gasteiger charge is -2.24. The second-order valence-corrected chi connectivity index (χ2v) is 3.53. The fourth-order valence-electron chi connectivity index (χ4n) is 1.51. The summed E-state index contributed by atoms with van der Waals surface area (Å²) in [5, 5.41) is 0. The SMILES string of the molecule is C#CCCN(CC)CC(CC)CC. The summed E-state index contributed by atoms with van der Waals surface area (Å²) in [7, 11) is 0. The lowest BCUT2D eigenvalue weighted by Crippen LogP contribution is -2.29. The molecule has 0 spiro atoms. The molecule has 0 rings (SSSR count). The number of terminal acetylenes is 1. The molecule has 0 N–H and O–H groups in total. The van der Waals surface area contributed by atoms with E-state index in [0.717, 1.165) is 25.4 Å². The summed E-state index contributed by atoms with van der Waals surface area (Å²) < 4.78 is 0. The normalized spacial score (nSPS) is 10.8. The van der Waals surface area contributed by atoms with Gasteiger partial charge in [-0.25, -0.2) is 0 Å². The smallest absolute Gasteiger partial charge is 0.0214 e. The molecule has 0 aromatic heterocycles. The highest BCUT2D eigenvalue weighted by Crippen LogP contribution is 2.09. The largest absolute Gasteiger partial charge is 0.302 e. The van der Waals surface area contributed by atoms with Crippen molar-refractivity contribution in [3.63, 3.8) is 0 Å². The quantitative estimate of drug-likeness (QED) is 0.546. The molecule has 0 fully saturated rings. The first-order valence-corrected chi connectivity index (χ1v) is 5.44. The molecule has 76 valence electrons. The monoisotopic (exact) mass is 181 g/mol. The predicted octanol–water partition coefficient (Wildman–Crippen LogP) is 2.77. The van der Waals surface area contributed by atoms with Crippen LogP contribution in [0.2, 0.25) is 0 Å². The first kappa shape index (κ1) is 12.5. The third-order valence-corrected chi connectivity index (χ3v) is 2.69. The second-order valence-electron chi connectivity index (χ2n) is 3.53. The average Bonchev–Trinajstić information content (AvgIpc) is 2.19. The average molecular weight is 181 g/mol. The topological polar surface area (TPSA) is 3.24 Å². The van der Waals surface area contributed by atoms with Gasteiger partial charge in [-0.2, -0.15) is 0 Å².